The molecule has 30 heavy (non-hydrogen) atoms. The van der Waals surface area contributed by atoms with Crippen LogP contribution in [-0.4, -0.2) is 30.9 Å². The second kappa shape index (κ2) is 8.32. The fraction of sp³-hybridized carbons (Fsp3) is 0.286. The first-order valence-electron chi connectivity index (χ1n) is 9.28. The summed E-state index contributed by atoms with van der Waals surface area (Å²) in [5.41, 5.74) is 1.56. The summed E-state index contributed by atoms with van der Waals surface area (Å²) in [5, 5.41) is 25.0. The first kappa shape index (κ1) is 21.0. The van der Waals surface area contributed by atoms with Gasteiger partial charge in [-0.1, -0.05) is 20.8 Å². The van der Waals surface area contributed by atoms with Gasteiger partial charge in [0.1, 0.15) is 5.75 Å². The number of carbonyl (C=O) groups is 1. The van der Waals surface area contributed by atoms with Crippen LogP contribution in [0.4, 0.5) is 10.5 Å². The Balaban J connectivity index is 2.01. The summed E-state index contributed by atoms with van der Waals surface area (Å²) in [5.74, 6) is -0.235. The smallest absolute Gasteiger partial charge is 0.449 e. The molecule has 0 aliphatic carbocycles. The number of rotatable bonds is 6. The number of benzene rings is 1. The van der Waals surface area contributed by atoms with Crippen LogP contribution in [0.2, 0.25) is 0 Å². The van der Waals surface area contributed by atoms with Gasteiger partial charge in [-0.25, -0.2) is 4.79 Å². The summed E-state index contributed by atoms with van der Waals surface area (Å²) in [6, 6.07) is 9.52. The minimum atomic E-state index is -1.48. The average molecular weight is 410 g/mol. The first-order chi connectivity index (χ1) is 14.1. The van der Waals surface area contributed by atoms with Crippen LogP contribution in [0, 0.1) is 15.5 Å². The Hall–Kier alpha value is -3.75. The van der Waals surface area contributed by atoms with Crippen LogP contribution in [0.5, 0.6) is 5.75 Å². The van der Waals surface area contributed by atoms with E-state index < -0.39 is 11.1 Å². The number of nitro groups is 1. The molecular formula is C21H22N4O5. The molecule has 0 bridgehead atoms. The minimum Gasteiger partial charge on any atom is -0.449 e. The number of nitro benzene ring substituents is 1. The van der Waals surface area contributed by atoms with Crippen LogP contribution in [-0.2, 0) is 6.54 Å². The summed E-state index contributed by atoms with van der Waals surface area (Å²) >= 11 is 0. The van der Waals surface area contributed by atoms with Crippen molar-refractivity contribution in [2.24, 2.45) is 5.41 Å². The molecule has 0 amide bonds. The van der Waals surface area contributed by atoms with E-state index in [9.17, 15) is 14.9 Å². The van der Waals surface area contributed by atoms with Gasteiger partial charge in [0.05, 0.1) is 10.6 Å². The number of nitrogens with zero attached hydrogens (tertiary/aromatic N) is 4. The molecule has 0 aliphatic rings. The van der Waals surface area contributed by atoms with Crippen molar-refractivity contribution in [3.05, 3.63) is 70.7 Å². The van der Waals surface area contributed by atoms with E-state index in [2.05, 4.69) is 10.1 Å². The summed E-state index contributed by atoms with van der Waals surface area (Å²) < 4.78 is 6.66. The normalized spacial score (nSPS) is 12.4. The van der Waals surface area contributed by atoms with Crippen LogP contribution in [0.3, 0.4) is 0 Å². The monoisotopic (exact) mass is 410 g/mol. The third-order valence-electron chi connectivity index (χ3n) is 4.79. The minimum absolute atomic E-state index is 0.0765. The topological polar surface area (TPSA) is 120 Å². The molecule has 0 saturated carbocycles. The van der Waals surface area contributed by atoms with Gasteiger partial charge in [-0.05, 0) is 29.7 Å². The molecule has 0 saturated heterocycles. The number of hydrogen-bond donors (Lipinski definition) is 1. The van der Waals surface area contributed by atoms with Crippen LogP contribution in [0.25, 0.3) is 11.3 Å². The molecular weight excluding hydrogens is 388 g/mol. The second-order valence-electron chi connectivity index (χ2n) is 7.93. The molecule has 3 rings (SSSR count). The number of pyridine rings is 1. The molecule has 2 aromatic heterocycles. The van der Waals surface area contributed by atoms with Crippen molar-refractivity contribution in [3.63, 3.8) is 0 Å². The van der Waals surface area contributed by atoms with E-state index in [1.165, 1.54) is 18.2 Å². The van der Waals surface area contributed by atoms with Gasteiger partial charge in [-0.2, -0.15) is 5.10 Å². The lowest BCUT2D eigenvalue weighted by atomic mass is 9.76. The zero-order valence-corrected chi connectivity index (χ0v) is 16.8. The van der Waals surface area contributed by atoms with Crippen LogP contribution < -0.4 is 4.74 Å². The van der Waals surface area contributed by atoms with Gasteiger partial charge in [-0.3, -0.25) is 19.8 Å². The number of carboxylic acid groups (broad SMARTS) is 1. The summed E-state index contributed by atoms with van der Waals surface area (Å²) in [4.78, 5) is 26.0. The molecule has 1 unspecified atom stereocenters. The van der Waals surface area contributed by atoms with Gasteiger partial charge in [0, 0.05) is 54.3 Å². The second-order valence-corrected chi connectivity index (χ2v) is 7.93. The van der Waals surface area contributed by atoms with Crippen molar-refractivity contribution in [2.45, 2.75) is 33.2 Å². The van der Waals surface area contributed by atoms with Crippen molar-refractivity contribution in [3.8, 4) is 17.0 Å². The Morgan fingerprint density at radius 1 is 1.30 bits per heavy atom. The highest BCUT2D eigenvalue weighted by Crippen LogP contribution is 2.42. The molecule has 9 nitrogen and oxygen atoms in total. The Bertz CT molecular complexity index is 1060. The van der Waals surface area contributed by atoms with E-state index in [4.69, 9.17) is 9.84 Å². The van der Waals surface area contributed by atoms with Gasteiger partial charge < -0.3 is 9.84 Å². The van der Waals surface area contributed by atoms with E-state index in [-0.39, 0.29) is 22.8 Å². The third kappa shape index (κ3) is 4.80. The highest BCUT2D eigenvalue weighted by atomic mass is 16.7. The van der Waals surface area contributed by atoms with Crippen molar-refractivity contribution in [2.75, 3.05) is 0 Å². The Kier molecular flexibility index (Phi) is 5.81. The van der Waals surface area contributed by atoms with E-state index >= 15 is 0 Å². The molecule has 0 spiro atoms. The molecule has 0 radical (unpaired) electrons. The quantitative estimate of drug-likeness (QED) is 0.270. The Morgan fingerprint density at radius 2 is 2.07 bits per heavy atom. The molecule has 1 aromatic carbocycles. The van der Waals surface area contributed by atoms with Gasteiger partial charge in [0.25, 0.3) is 5.69 Å². The zero-order valence-electron chi connectivity index (χ0n) is 16.8. The van der Waals surface area contributed by atoms with Crippen LogP contribution in [0.15, 0.2) is 55.0 Å². The molecule has 0 fully saturated rings. The lowest BCUT2D eigenvalue weighted by Crippen LogP contribution is -2.25. The van der Waals surface area contributed by atoms with Gasteiger partial charge in [0.15, 0.2) is 0 Å². The predicted molar refractivity (Wildman–Crippen MR) is 109 cm³/mol. The van der Waals surface area contributed by atoms with Gasteiger partial charge in [-0.15, -0.1) is 0 Å². The molecule has 2 heterocycles. The third-order valence-corrected chi connectivity index (χ3v) is 4.79. The Labute approximate surface area is 173 Å². The average Bonchev–Trinajstić information content (AvgIpc) is 3.15. The zero-order chi connectivity index (χ0) is 21.9. The molecule has 3 aromatic rings. The standard InChI is InChI=1S/C21H22N4O5/c1-21(2,3)17(13-24-10-8-18(23-24)14-5-4-9-22-12-14)16-11-15(25(28)29)6-7-19(16)30-20(26)27/h4-12,17H,13H2,1-3H3,(H,26,27). The first-order valence-corrected chi connectivity index (χ1v) is 9.28. The molecule has 156 valence electrons. The summed E-state index contributed by atoms with van der Waals surface area (Å²) in [6.07, 6.45) is 3.74. The summed E-state index contributed by atoms with van der Waals surface area (Å²) in [6.45, 7) is 6.31. The molecule has 0 aliphatic heterocycles. The summed E-state index contributed by atoms with van der Waals surface area (Å²) in [7, 11) is 0. The lowest BCUT2D eigenvalue weighted by molar-refractivity contribution is -0.385. The van der Waals surface area contributed by atoms with E-state index in [0.717, 1.165) is 11.3 Å². The molecule has 9 heteroatoms. The number of hydrogen-bond acceptors (Lipinski definition) is 6. The van der Waals surface area contributed by atoms with Gasteiger partial charge in [0.2, 0.25) is 0 Å². The maximum Gasteiger partial charge on any atom is 0.511 e. The van der Waals surface area contributed by atoms with Crippen LogP contribution in [0.1, 0.15) is 32.3 Å². The largest absolute Gasteiger partial charge is 0.511 e. The van der Waals surface area contributed by atoms with Crippen molar-refractivity contribution in [1.82, 2.24) is 14.8 Å². The number of aromatic nitrogens is 3. The van der Waals surface area contributed by atoms with Crippen LogP contribution >= 0.6 is 0 Å². The highest BCUT2D eigenvalue weighted by Gasteiger charge is 2.31. The maximum atomic E-state index is 11.3. The molecule has 1 atom stereocenters. The number of ether oxygens (including phenoxy) is 1. The Morgan fingerprint density at radius 3 is 2.67 bits per heavy atom. The molecule has 1 N–H and O–H groups in total. The highest BCUT2D eigenvalue weighted by molar-refractivity contribution is 5.63. The fourth-order valence-corrected chi connectivity index (χ4v) is 3.27. The maximum absolute atomic E-state index is 11.3. The van der Waals surface area contributed by atoms with E-state index in [1.54, 1.807) is 17.1 Å². The van der Waals surface area contributed by atoms with Crippen molar-refractivity contribution < 1.29 is 19.6 Å². The number of non-ortho nitro benzene ring substituents is 1. The lowest BCUT2D eigenvalue weighted by Gasteiger charge is -2.32. The van der Waals surface area contributed by atoms with Crippen molar-refractivity contribution in [1.29, 1.82) is 0 Å². The van der Waals surface area contributed by atoms with Gasteiger partial charge >= 0.3 is 6.16 Å². The van der Waals surface area contributed by atoms with E-state index in [1.807, 2.05) is 45.2 Å². The van der Waals surface area contributed by atoms with Crippen molar-refractivity contribution >= 4 is 11.8 Å². The van der Waals surface area contributed by atoms with E-state index in [0.29, 0.717) is 12.1 Å². The SMILES string of the molecule is CC(C)(C)C(Cn1ccc(-c2cccnc2)n1)c1cc([N+](=O)[O-])ccc1OC(=O)O. The fourth-order valence-electron chi connectivity index (χ4n) is 3.27. The predicted octanol–water partition coefficient (Wildman–Crippen LogP) is 4.74.